The third-order valence-electron chi connectivity index (χ3n) is 2.93. The topological polar surface area (TPSA) is 46.5 Å². The van der Waals surface area contributed by atoms with Gasteiger partial charge in [0.15, 0.2) is 0 Å². The van der Waals surface area contributed by atoms with Crippen LogP contribution in [0.25, 0.3) is 11.1 Å². The van der Waals surface area contributed by atoms with Gasteiger partial charge in [-0.1, -0.05) is 48.5 Å². The Hall–Kier alpha value is -2.39. The molecule has 0 heterocycles. The van der Waals surface area contributed by atoms with Crippen molar-refractivity contribution >= 4 is 5.97 Å². The molecule has 0 bridgehead atoms. The molecular formula is C17H16O3. The van der Waals surface area contributed by atoms with E-state index in [2.05, 4.69) is 6.58 Å². The molecule has 2 aromatic carbocycles. The molecule has 0 fully saturated rings. The van der Waals surface area contributed by atoms with Crippen molar-refractivity contribution in [2.45, 2.75) is 6.61 Å². The predicted octanol–water partition coefficient (Wildman–Crippen LogP) is 3.75. The van der Waals surface area contributed by atoms with E-state index in [4.69, 9.17) is 4.74 Å². The first-order valence-electron chi connectivity index (χ1n) is 6.32. The summed E-state index contributed by atoms with van der Waals surface area (Å²) in [6.45, 7) is 4.63. The number of carbonyl (C=O) groups is 1. The summed E-state index contributed by atoms with van der Waals surface area (Å²) in [6, 6.07) is 14.7. The lowest BCUT2D eigenvalue weighted by Crippen LogP contribution is -1.99. The van der Waals surface area contributed by atoms with Gasteiger partial charge in [0, 0.05) is 0 Å². The average Bonchev–Trinajstić information content (AvgIpc) is 2.48. The van der Waals surface area contributed by atoms with E-state index in [1.165, 1.54) is 0 Å². The van der Waals surface area contributed by atoms with Gasteiger partial charge in [-0.2, -0.15) is 0 Å². The summed E-state index contributed by atoms with van der Waals surface area (Å²) in [4.78, 5) is 11.2. The largest absolute Gasteiger partial charge is 0.478 e. The summed E-state index contributed by atoms with van der Waals surface area (Å²) in [5.41, 5.74) is 2.96. The molecular weight excluding hydrogens is 252 g/mol. The molecule has 0 saturated carbocycles. The van der Waals surface area contributed by atoms with Gasteiger partial charge in [0.2, 0.25) is 0 Å². The highest BCUT2D eigenvalue weighted by Gasteiger charge is 2.10. The Morgan fingerprint density at radius 2 is 1.85 bits per heavy atom. The summed E-state index contributed by atoms with van der Waals surface area (Å²) in [6.07, 6.45) is 1.71. The molecule has 0 aromatic heterocycles. The molecule has 0 atom stereocenters. The van der Waals surface area contributed by atoms with Crippen LogP contribution in [0.3, 0.4) is 0 Å². The lowest BCUT2D eigenvalue weighted by molar-refractivity contribution is 0.0697. The quantitative estimate of drug-likeness (QED) is 0.641. The van der Waals surface area contributed by atoms with E-state index in [9.17, 15) is 9.90 Å². The van der Waals surface area contributed by atoms with Crippen molar-refractivity contribution in [2.24, 2.45) is 0 Å². The standard InChI is InChI=1S/C17H16O3/c1-2-11-20-12-13-7-9-14(10-8-13)15-5-3-4-6-16(15)17(18)19/h2-10H,1,11-12H2,(H,18,19). The molecule has 2 rings (SSSR count). The molecule has 0 amide bonds. The van der Waals surface area contributed by atoms with Crippen LogP contribution in [-0.4, -0.2) is 17.7 Å². The maximum Gasteiger partial charge on any atom is 0.336 e. The van der Waals surface area contributed by atoms with Crippen LogP contribution in [0, 0.1) is 0 Å². The number of aromatic carboxylic acids is 1. The summed E-state index contributed by atoms with van der Waals surface area (Å²) < 4.78 is 5.36. The smallest absolute Gasteiger partial charge is 0.336 e. The minimum absolute atomic E-state index is 0.308. The Morgan fingerprint density at radius 1 is 1.15 bits per heavy atom. The van der Waals surface area contributed by atoms with Gasteiger partial charge in [-0.05, 0) is 22.8 Å². The second-order valence-electron chi connectivity index (χ2n) is 4.35. The normalized spacial score (nSPS) is 10.2. The lowest BCUT2D eigenvalue weighted by atomic mass is 9.99. The first-order chi connectivity index (χ1) is 9.72. The summed E-state index contributed by atoms with van der Waals surface area (Å²) in [5.74, 6) is -0.918. The lowest BCUT2D eigenvalue weighted by Gasteiger charge is -2.07. The molecule has 102 valence electrons. The van der Waals surface area contributed by atoms with Crippen molar-refractivity contribution in [1.82, 2.24) is 0 Å². The molecule has 0 spiro atoms. The first-order valence-corrected chi connectivity index (χ1v) is 6.32. The van der Waals surface area contributed by atoms with Gasteiger partial charge < -0.3 is 9.84 Å². The zero-order valence-electron chi connectivity index (χ0n) is 11.1. The molecule has 0 aliphatic rings. The van der Waals surface area contributed by atoms with E-state index >= 15 is 0 Å². The summed E-state index contributed by atoms with van der Waals surface area (Å²) >= 11 is 0. The van der Waals surface area contributed by atoms with E-state index in [1.54, 1.807) is 18.2 Å². The summed E-state index contributed by atoms with van der Waals surface area (Å²) in [5, 5.41) is 9.20. The Labute approximate surface area is 118 Å². The molecule has 0 radical (unpaired) electrons. The van der Waals surface area contributed by atoms with Crippen molar-refractivity contribution in [3.05, 3.63) is 72.3 Å². The molecule has 1 N–H and O–H groups in total. The van der Waals surface area contributed by atoms with Crippen LogP contribution in [0.5, 0.6) is 0 Å². The molecule has 0 aliphatic heterocycles. The van der Waals surface area contributed by atoms with Crippen molar-refractivity contribution in [2.75, 3.05) is 6.61 Å². The molecule has 20 heavy (non-hydrogen) atoms. The molecule has 2 aromatic rings. The predicted molar refractivity (Wildman–Crippen MR) is 78.7 cm³/mol. The number of carboxylic acids is 1. The van der Waals surface area contributed by atoms with Gasteiger partial charge in [-0.15, -0.1) is 6.58 Å². The van der Waals surface area contributed by atoms with Gasteiger partial charge in [0.1, 0.15) is 0 Å². The van der Waals surface area contributed by atoms with Crippen molar-refractivity contribution < 1.29 is 14.6 Å². The fourth-order valence-corrected chi connectivity index (χ4v) is 1.96. The second-order valence-corrected chi connectivity index (χ2v) is 4.35. The van der Waals surface area contributed by atoms with Crippen LogP contribution in [0.15, 0.2) is 61.2 Å². The molecule has 0 aliphatic carbocycles. The zero-order chi connectivity index (χ0) is 14.4. The van der Waals surface area contributed by atoms with Crippen LogP contribution in [-0.2, 0) is 11.3 Å². The average molecular weight is 268 g/mol. The van der Waals surface area contributed by atoms with E-state index in [1.807, 2.05) is 36.4 Å². The fourth-order valence-electron chi connectivity index (χ4n) is 1.96. The SMILES string of the molecule is C=CCOCc1ccc(-c2ccccc2C(=O)O)cc1. The monoisotopic (exact) mass is 268 g/mol. The Bertz CT molecular complexity index is 600. The Balaban J connectivity index is 2.22. The van der Waals surface area contributed by atoms with Crippen LogP contribution in [0.1, 0.15) is 15.9 Å². The second kappa shape index (κ2) is 6.68. The first kappa shape index (κ1) is 14.0. The highest BCUT2D eigenvalue weighted by Crippen LogP contribution is 2.24. The van der Waals surface area contributed by atoms with Crippen molar-refractivity contribution in [3.8, 4) is 11.1 Å². The number of carboxylic acid groups (broad SMARTS) is 1. The number of hydrogen-bond donors (Lipinski definition) is 1. The Morgan fingerprint density at radius 3 is 2.50 bits per heavy atom. The van der Waals surface area contributed by atoms with Gasteiger partial charge in [0.25, 0.3) is 0 Å². The maximum atomic E-state index is 11.2. The molecule has 0 saturated heterocycles. The van der Waals surface area contributed by atoms with Crippen LogP contribution in [0.4, 0.5) is 0 Å². The van der Waals surface area contributed by atoms with E-state index in [0.717, 1.165) is 16.7 Å². The van der Waals surface area contributed by atoms with E-state index in [0.29, 0.717) is 18.8 Å². The van der Waals surface area contributed by atoms with Gasteiger partial charge in [0.05, 0.1) is 18.8 Å². The van der Waals surface area contributed by atoms with Crippen LogP contribution in [0.2, 0.25) is 0 Å². The van der Waals surface area contributed by atoms with E-state index in [-0.39, 0.29) is 0 Å². The molecule has 0 unspecified atom stereocenters. The number of rotatable bonds is 6. The third-order valence-corrected chi connectivity index (χ3v) is 2.93. The minimum atomic E-state index is -0.918. The van der Waals surface area contributed by atoms with Gasteiger partial charge >= 0.3 is 5.97 Å². The minimum Gasteiger partial charge on any atom is -0.478 e. The number of hydrogen-bond acceptors (Lipinski definition) is 2. The molecule has 3 heteroatoms. The summed E-state index contributed by atoms with van der Waals surface area (Å²) in [7, 11) is 0. The van der Waals surface area contributed by atoms with Crippen LogP contribution < -0.4 is 0 Å². The fraction of sp³-hybridized carbons (Fsp3) is 0.118. The van der Waals surface area contributed by atoms with Gasteiger partial charge in [-0.25, -0.2) is 4.79 Å². The molecule has 3 nitrogen and oxygen atoms in total. The van der Waals surface area contributed by atoms with Crippen molar-refractivity contribution in [3.63, 3.8) is 0 Å². The van der Waals surface area contributed by atoms with Gasteiger partial charge in [-0.3, -0.25) is 0 Å². The van der Waals surface area contributed by atoms with Crippen LogP contribution >= 0.6 is 0 Å². The van der Waals surface area contributed by atoms with E-state index < -0.39 is 5.97 Å². The number of benzene rings is 2. The third kappa shape index (κ3) is 3.33. The highest BCUT2D eigenvalue weighted by molar-refractivity contribution is 5.95. The highest BCUT2D eigenvalue weighted by atomic mass is 16.5. The Kier molecular flexibility index (Phi) is 4.69. The zero-order valence-corrected chi connectivity index (χ0v) is 11.1. The number of ether oxygens (including phenoxy) is 1. The van der Waals surface area contributed by atoms with Crippen molar-refractivity contribution in [1.29, 1.82) is 0 Å². The maximum absolute atomic E-state index is 11.2.